The highest BCUT2D eigenvalue weighted by atomic mass is 15.3. The molecule has 0 aliphatic heterocycles. The van der Waals surface area contributed by atoms with Gasteiger partial charge in [0.05, 0.1) is 5.69 Å². The maximum Gasteiger partial charge on any atom is 0.237 e. The number of aryl methyl sites for hydroxylation is 1. The molecule has 0 bridgehead atoms. The standard InChI is InChI=1S/C16H14N4/c1-2-5-12-8-9-16(20-19-13(10-17)11-18)15-7-4-3-6-14(12)15/h3-4,6-9,20H,2,5H2,1H3. The lowest BCUT2D eigenvalue weighted by molar-refractivity contribution is 0.929. The van der Waals surface area contributed by atoms with E-state index in [1.54, 1.807) is 12.1 Å². The van der Waals surface area contributed by atoms with Gasteiger partial charge in [0.2, 0.25) is 5.71 Å². The molecule has 0 fully saturated rings. The quantitative estimate of drug-likeness (QED) is 0.675. The van der Waals surface area contributed by atoms with E-state index in [0.717, 1.165) is 23.9 Å². The Morgan fingerprint density at radius 3 is 2.45 bits per heavy atom. The van der Waals surface area contributed by atoms with Gasteiger partial charge < -0.3 is 0 Å². The minimum Gasteiger partial charge on any atom is -0.276 e. The number of hydrogen-bond acceptors (Lipinski definition) is 4. The van der Waals surface area contributed by atoms with Crippen molar-refractivity contribution >= 4 is 22.2 Å². The van der Waals surface area contributed by atoms with Gasteiger partial charge in [0, 0.05) is 5.39 Å². The van der Waals surface area contributed by atoms with E-state index in [-0.39, 0.29) is 5.71 Å². The summed E-state index contributed by atoms with van der Waals surface area (Å²) < 4.78 is 0. The first-order valence-electron chi connectivity index (χ1n) is 6.44. The second kappa shape index (κ2) is 6.36. The molecule has 98 valence electrons. The summed E-state index contributed by atoms with van der Waals surface area (Å²) in [4.78, 5) is 0. The molecule has 0 aliphatic rings. The second-order valence-corrected chi connectivity index (χ2v) is 4.36. The van der Waals surface area contributed by atoms with E-state index >= 15 is 0 Å². The molecule has 0 heterocycles. The van der Waals surface area contributed by atoms with Crippen LogP contribution in [0.2, 0.25) is 0 Å². The first-order chi connectivity index (χ1) is 9.80. The van der Waals surface area contributed by atoms with Gasteiger partial charge in [-0.3, -0.25) is 5.43 Å². The first-order valence-corrected chi connectivity index (χ1v) is 6.44. The van der Waals surface area contributed by atoms with Crippen molar-refractivity contribution in [1.82, 2.24) is 0 Å². The van der Waals surface area contributed by atoms with Crippen molar-refractivity contribution in [1.29, 1.82) is 10.5 Å². The molecule has 2 rings (SSSR count). The fourth-order valence-electron chi connectivity index (χ4n) is 2.14. The molecular weight excluding hydrogens is 248 g/mol. The van der Waals surface area contributed by atoms with E-state index < -0.39 is 0 Å². The molecule has 0 amide bonds. The fourth-order valence-corrected chi connectivity index (χ4v) is 2.14. The van der Waals surface area contributed by atoms with Crippen molar-refractivity contribution < 1.29 is 0 Å². The second-order valence-electron chi connectivity index (χ2n) is 4.36. The SMILES string of the molecule is CCCc1ccc(NN=C(C#N)C#N)c2ccccc12. The zero-order valence-electron chi connectivity index (χ0n) is 11.2. The molecule has 0 aromatic heterocycles. The molecule has 0 atom stereocenters. The van der Waals surface area contributed by atoms with Gasteiger partial charge in [0.15, 0.2) is 0 Å². The van der Waals surface area contributed by atoms with Gasteiger partial charge in [-0.1, -0.05) is 43.7 Å². The lowest BCUT2D eigenvalue weighted by Crippen LogP contribution is -1.98. The van der Waals surface area contributed by atoms with Crippen LogP contribution in [0.3, 0.4) is 0 Å². The normalized spacial score (nSPS) is 9.55. The highest BCUT2D eigenvalue weighted by molar-refractivity contribution is 6.10. The molecule has 2 aromatic carbocycles. The molecule has 4 nitrogen and oxygen atoms in total. The number of nitrogens with zero attached hydrogens (tertiary/aromatic N) is 3. The monoisotopic (exact) mass is 262 g/mol. The Morgan fingerprint density at radius 1 is 1.10 bits per heavy atom. The number of hydrazone groups is 1. The third-order valence-electron chi connectivity index (χ3n) is 3.03. The summed E-state index contributed by atoms with van der Waals surface area (Å²) in [6.45, 7) is 2.15. The van der Waals surface area contributed by atoms with Crippen LogP contribution in [0.4, 0.5) is 5.69 Å². The highest BCUT2D eigenvalue weighted by Gasteiger charge is 2.05. The van der Waals surface area contributed by atoms with Crippen LogP contribution in [-0.2, 0) is 6.42 Å². The maximum atomic E-state index is 8.69. The number of anilines is 1. The highest BCUT2D eigenvalue weighted by Crippen LogP contribution is 2.27. The van der Waals surface area contributed by atoms with Gasteiger partial charge in [-0.25, -0.2) is 0 Å². The van der Waals surface area contributed by atoms with E-state index in [9.17, 15) is 0 Å². The number of nitriles is 2. The Balaban J connectivity index is 2.47. The topological polar surface area (TPSA) is 72.0 Å². The number of benzene rings is 2. The molecule has 0 saturated heterocycles. The van der Waals surface area contributed by atoms with Crippen LogP contribution in [0.15, 0.2) is 41.5 Å². The summed E-state index contributed by atoms with van der Waals surface area (Å²) in [5.41, 5.74) is 4.70. The molecule has 0 saturated carbocycles. The van der Waals surface area contributed by atoms with Gasteiger partial charge in [0.25, 0.3) is 0 Å². The van der Waals surface area contributed by atoms with Crippen LogP contribution >= 0.6 is 0 Å². The number of hydrogen-bond donors (Lipinski definition) is 1. The number of fused-ring (bicyclic) bond motifs is 1. The van der Waals surface area contributed by atoms with Crippen molar-refractivity contribution in [3.05, 3.63) is 42.0 Å². The van der Waals surface area contributed by atoms with Gasteiger partial charge in [-0.15, -0.1) is 0 Å². The molecule has 2 aromatic rings. The minimum atomic E-state index is -0.188. The van der Waals surface area contributed by atoms with Gasteiger partial charge in [-0.2, -0.15) is 15.6 Å². The summed E-state index contributed by atoms with van der Waals surface area (Å²) in [7, 11) is 0. The molecule has 1 N–H and O–H groups in total. The maximum absolute atomic E-state index is 8.69. The van der Waals surface area contributed by atoms with E-state index in [1.165, 1.54) is 10.9 Å². The Bertz CT molecular complexity index is 716. The summed E-state index contributed by atoms with van der Waals surface area (Å²) in [6, 6.07) is 15.5. The molecular formula is C16H14N4. The molecule has 4 heteroatoms. The average molecular weight is 262 g/mol. The van der Waals surface area contributed by atoms with E-state index in [2.05, 4.69) is 29.6 Å². The van der Waals surface area contributed by atoms with Crippen LogP contribution in [0.1, 0.15) is 18.9 Å². The Labute approximate surface area is 118 Å². The van der Waals surface area contributed by atoms with Gasteiger partial charge >= 0.3 is 0 Å². The smallest absolute Gasteiger partial charge is 0.237 e. The summed E-state index contributed by atoms with van der Waals surface area (Å²) in [6.07, 6.45) is 2.10. The van der Waals surface area contributed by atoms with Crippen molar-refractivity contribution in [3.63, 3.8) is 0 Å². The van der Waals surface area contributed by atoms with Crippen molar-refractivity contribution in [2.45, 2.75) is 19.8 Å². The van der Waals surface area contributed by atoms with E-state index in [0.29, 0.717) is 0 Å². The molecule has 0 aliphatic carbocycles. The summed E-state index contributed by atoms with van der Waals surface area (Å²) >= 11 is 0. The lowest BCUT2D eigenvalue weighted by atomic mass is 10.00. The van der Waals surface area contributed by atoms with Gasteiger partial charge in [0.1, 0.15) is 12.1 Å². The number of rotatable bonds is 4. The van der Waals surface area contributed by atoms with Crippen LogP contribution in [0.25, 0.3) is 10.8 Å². The molecule has 0 unspecified atom stereocenters. The molecule has 0 radical (unpaired) electrons. The largest absolute Gasteiger partial charge is 0.276 e. The number of nitrogens with one attached hydrogen (secondary N) is 1. The van der Waals surface area contributed by atoms with Crippen molar-refractivity contribution in [3.8, 4) is 12.1 Å². The third-order valence-corrected chi connectivity index (χ3v) is 3.03. The lowest BCUT2D eigenvalue weighted by Gasteiger charge is -2.10. The molecule has 0 spiro atoms. The third kappa shape index (κ3) is 2.76. The van der Waals surface area contributed by atoms with E-state index in [4.69, 9.17) is 10.5 Å². The Morgan fingerprint density at radius 2 is 1.80 bits per heavy atom. The van der Waals surface area contributed by atoms with Crippen LogP contribution in [-0.4, -0.2) is 5.71 Å². The predicted molar refractivity (Wildman–Crippen MR) is 80.2 cm³/mol. The van der Waals surface area contributed by atoms with E-state index in [1.807, 2.05) is 24.3 Å². The van der Waals surface area contributed by atoms with Crippen LogP contribution < -0.4 is 5.43 Å². The first kappa shape index (κ1) is 13.6. The molecule has 20 heavy (non-hydrogen) atoms. The predicted octanol–water partition coefficient (Wildman–Crippen LogP) is 3.61. The van der Waals surface area contributed by atoms with Crippen LogP contribution in [0.5, 0.6) is 0 Å². The fraction of sp³-hybridized carbons (Fsp3) is 0.188. The van der Waals surface area contributed by atoms with Crippen LogP contribution in [0, 0.1) is 22.7 Å². The van der Waals surface area contributed by atoms with Gasteiger partial charge in [-0.05, 0) is 23.4 Å². The zero-order valence-corrected chi connectivity index (χ0v) is 11.2. The summed E-state index contributed by atoms with van der Waals surface area (Å²) in [5.74, 6) is 0. The van der Waals surface area contributed by atoms with Crippen molar-refractivity contribution in [2.24, 2.45) is 5.10 Å². The average Bonchev–Trinajstić information content (AvgIpc) is 2.50. The Hall–Kier alpha value is -2.85. The summed E-state index contributed by atoms with van der Waals surface area (Å²) in [5, 5.41) is 23.4. The Kier molecular flexibility index (Phi) is 4.32. The zero-order chi connectivity index (χ0) is 14.4. The minimum absolute atomic E-state index is 0.188. The van der Waals surface area contributed by atoms with Crippen molar-refractivity contribution in [2.75, 3.05) is 5.43 Å².